The topological polar surface area (TPSA) is 84.7 Å². The molecule has 0 saturated carbocycles. The molecule has 23 heavy (non-hydrogen) atoms. The molecule has 1 fully saturated rings. The van der Waals surface area contributed by atoms with Crippen LogP contribution < -0.4 is 11.1 Å². The number of hydrogen-bond donors (Lipinski definition) is 2. The molecule has 0 radical (unpaired) electrons. The Balaban J connectivity index is 1.94. The van der Waals surface area contributed by atoms with Gasteiger partial charge in [0, 0.05) is 32.6 Å². The maximum atomic E-state index is 12.7. The number of hydrogen-bond acceptors (Lipinski definition) is 4. The second-order valence-corrected chi connectivity index (χ2v) is 5.94. The van der Waals surface area contributed by atoms with Crippen LogP contribution in [0.15, 0.2) is 30.3 Å². The van der Waals surface area contributed by atoms with Gasteiger partial charge in [-0.25, -0.2) is 0 Å². The number of nitrogens with one attached hydrogen (secondary N) is 1. The zero-order valence-electron chi connectivity index (χ0n) is 13.7. The predicted octanol–water partition coefficient (Wildman–Crippen LogP) is 0.686. The quantitative estimate of drug-likeness (QED) is 0.836. The van der Waals surface area contributed by atoms with Crippen LogP contribution in [-0.4, -0.2) is 49.1 Å². The normalized spacial score (nSPS) is 20.7. The maximum absolute atomic E-state index is 12.7. The van der Waals surface area contributed by atoms with Crippen molar-refractivity contribution in [1.82, 2.24) is 10.2 Å². The Morgan fingerprint density at radius 1 is 1.39 bits per heavy atom. The highest BCUT2D eigenvalue weighted by molar-refractivity contribution is 5.79. The number of morpholine rings is 1. The highest BCUT2D eigenvalue weighted by Crippen LogP contribution is 2.22. The lowest BCUT2D eigenvalue weighted by Crippen LogP contribution is -2.51. The fourth-order valence-electron chi connectivity index (χ4n) is 2.71. The van der Waals surface area contributed by atoms with Crippen molar-refractivity contribution in [3.8, 4) is 0 Å². The molecule has 0 spiro atoms. The van der Waals surface area contributed by atoms with E-state index in [9.17, 15) is 9.59 Å². The van der Waals surface area contributed by atoms with Gasteiger partial charge in [0.2, 0.25) is 11.8 Å². The summed E-state index contributed by atoms with van der Waals surface area (Å²) in [6.45, 7) is 5.25. The van der Waals surface area contributed by atoms with Crippen LogP contribution in [0.4, 0.5) is 0 Å². The van der Waals surface area contributed by atoms with Crippen LogP contribution in [0.2, 0.25) is 0 Å². The second-order valence-electron chi connectivity index (χ2n) is 5.94. The molecular formula is C17H25N3O3. The summed E-state index contributed by atoms with van der Waals surface area (Å²) in [5.74, 6) is -0.383. The lowest BCUT2D eigenvalue weighted by atomic mass is 9.94. The fraction of sp³-hybridized carbons (Fsp3) is 0.529. The molecule has 6 heteroatoms. The third kappa shape index (κ3) is 4.77. The molecule has 1 aliphatic heterocycles. The van der Waals surface area contributed by atoms with Crippen molar-refractivity contribution in [2.45, 2.75) is 26.0 Å². The van der Waals surface area contributed by atoms with Gasteiger partial charge in [-0.1, -0.05) is 37.3 Å². The van der Waals surface area contributed by atoms with Crippen LogP contribution >= 0.6 is 0 Å². The highest BCUT2D eigenvalue weighted by atomic mass is 16.5. The minimum atomic E-state index is -0.333. The van der Waals surface area contributed by atoms with E-state index in [0.717, 1.165) is 5.56 Å². The van der Waals surface area contributed by atoms with Gasteiger partial charge >= 0.3 is 0 Å². The van der Waals surface area contributed by atoms with Gasteiger partial charge in [-0.15, -0.1) is 0 Å². The van der Waals surface area contributed by atoms with Crippen LogP contribution in [0, 0.1) is 5.92 Å². The van der Waals surface area contributed by atoms with Crippen LogP contribution in [0.5, 0.6) is 0 Å². The molecule has 2 amide bonds. The first-order valence-electron chi connectivity index (χ1n) is 7.94. The van der Waals surface area contributed by atoms with E-state index in [1.165, 1.54) is 6.92 Å². The molecule has 1 aliphatic rings. The van der Waals surface area contributed by atoms with E-state index in [1.807, 2.05) is 37.3 Å². The van der Waals surface area contributed by atoms with Crippen LogP contribution in [0.1, 0.15) is 25.5 Å². The third-order valence-corrected chi connectivity index (χ3v) is 4.14. The van der Waals surface area contributed by atoms with Crippen LogP contribution in [0.3, 0.4) is 0 Å². The van der Waals surface area contributed by atoms with Crippen LogP contribution in [-0.2, 0) is 14.3 Å². The van der Waals surface area contributed by atoms with Gasteiger partial charge in [0.1, 0.15) is 0 Å². The minimum Gasteiger partial charge on any atom is -0.373 e. The number of rotatable bonds is 5. The van der Waals surface area contributed by atoms with Gasteiger partial charge in [-0.2, -0.15) is 0 Å². The zero-order chi connectivity index (χ0) is 16.8. The number of nitrogens with zero attached hydrogens (tertiary/aromatic N) is 1. The first-order chi connectivity index (χ1) is 11.0. The molecule has 1 aromatic carbocycles. The SMILES string of the molecule is CC(=O)NCC1CN(C(=O)C(C)C(N)c2ccccc2)CCO1. The average molecular weight is 319 g/mol. The lowest BCUT2D eigenvalue weighted by molar-refractivity contribution is -0.143. The molecule has 3 atom stereocenters. The minimum absolute atomic E-state index is 0.0254. The van der Waals surface area contributed by atoms with Crippen LogP contribution in [0.25, 0.3) is 0 Å². The molecule has 2 rings (SSSR count). The Hall–Kier alpha value is -1.92. The summed E-state index contributed by atoms with van der Waals surface area (Å²) in [5.41, 5.74) is 7.20. The molecule has 1 heterocycles. The molecule has 0 aromatic heterocycles. The number of carbonyl (C=O) groups excluding carboxylic acids is 2. The molecule has 3 N–H and O–H groups in total. The largest absolute Gasteiger partial charge is 0.373 e. The summed E-state index contributed by atoms with van der Waals surface area (Å²) in [7, 11) is 0. The first-order valence-corrected chi connectivity index (χ1v) is 7.94. The molecule has 0 bridgehead atoms. The van der Waals surface area contributed by atoms with Crippen molar-refractivity contribution >= 4 is 11.8 Å². The predicted molar refractivity (Wildman–Crippen MR) is 87.5 cm³/mol. The van der Waals surface area contributed by atoms with Gasteiger partial charge in [0.15, 0.2) is 0 Å². The summed E-state index contributed by atoms with van der Waals surface area (Å²) in [4.78, 5) is 25.5. The van der Waals surface area contributed by atoms with Crippen molar-refractivity contribution in [3.63, 3.8) is 0 Å². The summed E-state index contributed by atoms with van der Waals surface area (Å²) < 4.78 is 5.59. The second kappa shape index (κ2) is 8.08. The summed E-state index contributed by atoms with van der Waals surface area (Å²) in [6, 6.07) is 9.31. The fourth-order valence-corrected chi connectivity index (χ4v) is 2.71. The number of benzene rings is 1. The molecular weight excluding hydrogens is 294 g/mol. The Kier molecular flexibility index (Phi) is 6.12. The summed E-state index contributed by atoms with van der Waals surface area (Å²) in [5, 5.41) is 2.73. The molecule has 126 valence electrons. The Bertz CT molecular complexity index is 535. The van der Waals surface area contributed by atoms with Crippen molar-refractivity contribution < 1.29 is 14.3 Å². The number of nitrogens with two attached hydrogens (primary N) is 1. The first kappa shape index (κ1) is 17.4. The van der Waals surface area contributed by atoms with E-state index in [2.05, 4.69) is 5.32 Å². The van der Waals surface area contributed by atoms with Crippen molar-refractivity contribution in [1.29, 1.82) is 0 Å². The Morgan fingerprint density at radius 3 is 2.74 bits per heavy atom. The summed E-state index contributed by atoms with van der Waals surface area (Å²) >= 11 is 0. The Morgan fingerprint density at radius 2 is 2.09 bits per heavy atom. The number of ether oxygens (including phenoxy) is 1. The van der Waals surface area contributed by atoms with Crippen molar-refractivity contribution in [2.24, 2.45) is 11.7 Å². The van der Waals surface area contributed by atoms with Gasteiger partial charge in [-0.05, 0) is 5.56 Å². The number of amides is 2. The summed E-state index contributed by atoms with van der Waals surface area (Å²) in [6.07, 6.45) is -0.170. The van der Waals surface area contributed by atoms with Crippen molar-refractivity contribution in [2.75, 3.05) is 26.2 Å². The third-order valence-electron chi connectivity index (χ3n) is 4.14. The van der Waals surface area contributed by atoms with Crippen molar-refractivity contribution in [3.05, 3.63) is 35.9 Å². The zero-order valence-corrected chi connectivity index (χ0v) is 13.7. The van der Waals surface area contributed by atoms with E-state index < -0.39 is 0 Å². The van der Waals surface area contributed by atoms with E-state index in [-0.39, 0.29) is 29.9 Å². The average Bonchev–Trinajstić information content (AvgIpc) is 2.59. The van der Waals surface area contributed by atoms with Gasteiger partial charge in [0.25, 0.3) is 0 Å². The van der Waals surface area contributed by atoms with E-state index in [1.54, 1.807) is 4.90 Å². The number of carbonyl (C=O) groups is 2. The van der Waals surface area contributed by atoms with Gasteiger partial charge in [-0.3, -0.25) is 9.59 Å². The monoisotopic (exact) mass is 319 g/mol. The molecule has 1 saturated heterocycles. The lowest BCUT2D eigenvalue weighted by Gasteiger charge is -2.35. The van der Waals surface area contributed by atoms with E-state index in [4.69, 9.17) is 10.5 Å². The van der Waals surface area contributed by atoms with E-state index in [0.29, 0.717) is 26.2 Å². The highest BCUT2D eigenvalue weighted by Gasteiger charge is 2.30. The van der Waals surface area contributed by atoms with E-state index >= 15 is 0 Å². The molecule has 3 unspecified atom stereocenters. The Labute approximate surface area is 137 Å². The molecule has 6 nitrogen and oxygen atoms in total. The molecule has 0 aliphatic carbocycles. The smallest absolute Gasteiger partial charge is 0.227 e. The molecule has 1 aromatic rings. The standard InChI is InChI=1S/C17H25N3O3/c1-12(16(18)14-6-4-3-5-7-14)17(22)20-8-9-23-15(11-20)10-19-13(2)21/h3-7,12,15-16H,8-11,18H2,1-2H3,(H,19,21). The maximum Gasteiger partial charge on any atom is 0.227 e. The van der Waals surface area contributed by atoms with Gasteiger partial charge < -0.3 is 20.7 Å². The van der Waals surface area contributed by atoms with Gasteiger partial charge in [0.05, 0.1) is 18.6 Å².